The third kappa shape index (κ3) is 5.08. The zero-order valence-electron chi connectivity index (χ0n) is 15.6. The van der Waals surface area contributed by atoms with E-state index in [1.165, 1.54) is 0 Å². The molecule has 0 saturated carbocycles. The van der Waals surface area contributed by atoms with Gasteiger partial charge in [-0.2, -0.15) is 10.1 Å². The van der Waals surface area contributed by atoms with Crippen LogP contribution in [-0.2, 0) is 4.74 Å². The van der Waals surface area contributed by atoms with Gasteiger partial charge >= 0.3 is 0 Å². The summed E-state index contributed by atoms with van der Waals surface area (Å²) in [4.78, 5) is 11.0. The van der Waals surface area contributed by atoms with Gasteiger partial charge in [0.2, 0.25) is 11.8 Å². The van der Waals surface area contributed by atoms with Gasteiger partial charge in [-0.3, -0.25) is 4.98 Å². The number of anilines is 2. The molecule has 2 N–H and O–H groups in total. The Kier molecular flexibility index (Phi) is 5.69. The number of ether oxygens (including phenoxy) is 3. The summed E-state index contributed by atoms with van der Waals surface area (Å²) < 4.78 is 17.2. The lowest BCUT2D eigenvalue weighted by molar-refractivity contribution is 0.0237. The molecule has 2 aliphatic rings. The molecule has 2 saturated heterocycles. The number of aromatic amines is 1. The molecule has 2 aromatic rings. The predicted octanol–water partition coefficient (Wildman–Crippen LogP) is 1.97. The van der Waals surface area contributed by atoms with Crippen molar-refractivity contribution >= 4 is 11.6 Å². The number of piperidine rings is 1. The molecule has 4 rings (SSSR count). The van der Waals surface area contributed by atoms with Gasteiger partial charge in [-0.05, 0) is 19.9 Å². The molecular formula is C18H26N6O3. The molecule has 0 unspecified atom stereocenters. The van der Waals surface area contributed by atoms with Crippen LogP contribution in [0, 0.1) is 0 Å². The number of likely N-dealkylation sites (tertiary alicyclic amines) is 1. The average Bonchev–Trinajstić information content (AvgIpc) is 3.11. The van der Waals surface area contributed by atoms with Crippen LogP contribution in [0.1, 0.15) is 25.7 Å². The van der Waals surface area contributed by atoms with Crippen LogP contribution in [-0.4, -0.2) is 70.6 Å². The molecule has 0 aromatic carbocycles. The molecule has 9 nitrogen and oxygen atoms in total. The summed E-state index contributed by atoms with van der Waals surface area (Å²) in [6, 6.07) is 1.82. The monoisotopic (exact) mass is 374 g/mol. The van der Waals surface area contributed by atoms with Crippen LogP contribution in [0.3, 0.4) is 0 Å². The summed E-state index contributed by atoms with van der Waals surface area (Å²) in [5, 5.41) is 10.3. The van der Waals surface area contributed by atoms with Crippen LogP contribution in [0.15, 0.2) is 18.5 Å². The first-order chi connectivity index (χ1) is 13.2. The highest BCUT2D eigenvalue weighted by Gasteiger charge is 2.19. The van der Waals surface area contributed by atoms with E-state index < -0.39 is 0 Å². The summed E-state index contributed by atoms with van der Waals surface area (Å²) >= 11 is 0. The van der Waals surface area contributed by atoms with Gasteiger partial charge in [0.05, 0.1) is 25.6 Å². The molecule has 0 bridgehead atoms. The lowest BCUT2D eigenvalue weighted by Gasteiger charge is -2.28. The van der Waals surface area contributed by atoms with E-state index >= 15 is 0 Å². The van der Waals surface area contributed by atoms with Gasteiger partial charge in [0.1, 0.15) is 12.2 Å². The maximum Gasteiger partial charge on any atom is 0.234 e. The zero-order chi connectivity index (χ0) is 18.5. The highest BCUT2D eigenvalue weighted by atomic mass is 16.5. The van der Waals surface area contributed by atoms with Crippen LogP contribution in [0.25, 0.3) is 0 Å². The van der Waals surface area contributed by atoms with E-state index in [9.17, 15) is 0 Å². The van der Waals surface area contributed by atoms with Crippen molar-refractivity contribution in [1.29, 1.82) is 0 Å². The Labute approximate surface area is 158 Å². The van der Waals surface area contributed by atoms with Gasteiger partial charge in [-0.15, -0.1) is 0 Å². The first-order valence-electron chi connectivity index (χ1n) is 9.49. The minimum absolute atomic E-state index is 0.165. The molecule has 0 radical (unpaired) electrons. The van der Waals surface area contributed by atoms with Crippen molar-refractivity contribution in [3.05, 3.63) is 18.5 Å². The first-order valence-corrected chi connectivity index (χ1v) is 9.49. The van der Waals surface area contributed by atoms with Crippen molar-refractivity contribution in [3.8, 4) is 11.8 Å². The van der Waals surface area contributed by atoms with Crippen molar-refractivity contribution < 1.29 is 14.2 Å². The lowest BCUT2D eigenvalue weighted by Crippen LogP contribution is -2.35. The van der Waals surface area contributed by atoms with E-state index in [1.54, 1.807) is 12.4 Å². The molecule has 0 spiro atoms. The van der Waals surface area contributed by atoms with E-state index in [0.29, 0.717) is 23.4 Å². The van der Waals surface area contributed by atoms with Gasteiger partial charge in [-0.1, -0.05) is 0 Å². The van der Waals surface area contributed by atoms with E-state index in [0.717, 1.165) is 52.0 Å². The summed E-state index contributed by atoms with van der Waals surface area (Å²) in [6.07, 6.45) is 7.44. The van der Waals surface area contributed by atoms with Crippen LogP contribution < -0.4 is 14.8 Å². The fraction of sp³-hybridized carbons (Fsp3) is 0.611. The quantitative estimate of drug-likeness (QED) is 0.792. The predicted molar refractivity (Wildman–Crippen MR) is 99.5 cm³/mol. The molecule has 9 heteroatoms. The molecule has 146 valence electrons. The maximum absolute atomic E-state index is 5.98. The minimum atomic E-state index is 0.165. The van der Waals surface area contributed by atoms with Crippen molar-refractivity contribution in [2.24, 2.45) is 0 Å². The summed E-state index contributed by atoms with van der Waals surface area (Å²) in [7, 11) is 2.13. The van der Waals surface area contributed by atoms with Crippen LogP contribution in [0.4, 0.5) is 11.6 Å². The number of nitrogens with zero attached hydrogens (tertiary/aromatic N) is 4. The SMILES string of the molecule is CN1CCC(Oc2cncc(Nc3cc(OC4CCOCC4)[nH]n3)n2)CC1. The van der Waals surface area contributed by atoms with Crippen molar-refractivity contribution in [2.75, 3.05) is 38.7 Å². The second-order valence-corrected chi connectivity index (χ2v) is 7.04. The summed E-state index contributed by atoms with van der Waals surface area (Å²) in [6.45, 7) is 3.56. The van der Waals surface area contributed by atoms with E-state index in [2.05, 4.69) is 37.4 Å². The molecule has 0 amide bonds. The first kappa shape index (κ1) is 18.0. The standard InChI is InChI=1S/C18H26N6O3/c1-24-6-2-13(3-7-24)27-18-12-19-11-16(21-18)20-15-10-17(23-22-15)26-14-4-8-25-9-5-14/h10-14H,2-9H2,1H3,(H2,20,21,22,23). The number of aromatic nitrogens is 4. The third-order valence-corrected chi connectivity index (χ3v) is 4.84. The van der Waals surface area contributed by atoms with Gasteiger partial charge in [-0.25, -0.2) is 5.10 Å². The van der Waals surface area contributed by atoms with Crippen LogP contribution in [0.5, 0.6) is 11.8 Å². The van der Waals surface area contributed by atoms with Gasteiger partial charge in [0.25, 0.3) is 0 Å². The normalized spacial score (nSPS) is 19.7. The highest BCUT2D eigenvalue weighted by molar-refractivity contribution is 5.52. The molecule has 0 aliphatic carbocycles. The Morgan fingerprint density at radius 2 is 1.85 bits per heavy atom. The number of hydrogen-bond donors (Lipinski definition) is 2. The second-order valence-electron chi connectivity index (χ2n) is 7.04. The Bertz CT molecular complexity index is 725. The third-order valence-electron chi connectivity index (χ3n) is 4.84. The molecule has 2 aliphatic heterocycles. The smallest absolute Gasteiger partial charge is 0.234 e. The van der Waals surface area contributed by atoms with E-state index in [-0.39, 0.29) is 12.2 Å². The van der Waals surface area contributed by atoms with Crippen molar-refractivity contribution in [1.82, 2.24) is 25.1 Å². The fourth-order valence-electron chi connectivity index (χ4n) is 3.27. The summed E-state index contributed by atoms with van der Waals surface area (Å²) in [5.41, 5.74) is 0. The van der Waals surface area contributed by atoms with Gasteiger partial charge in [0.15, 0.2) is 11.6 Å². The average molecular weight is 374 g/mol. The molecule has 27 heavy (non-hydrogen) atoms. The fourth-order valence-corrected chi connectivity index (χ4v) is 3.27. The van der Waals surface area contributed by atoms with E-state index in [1.807, 2.05) is 6.07 Å². The Morgan fingerprint density at radius 1 is 1.07 bits per heavy atom. The Hall–Kier alpha value is -2.39. The number of nitrogens with one attached hydrogen (secondary N) is 2. The number of hydrogen-bond acceptors (Lipinski definition) is 8. The highest BCUT2D eigenvalue weighted by Crippen LogP contribution is 2.22. The largest absolute Gasteiger partial charge is 0.474 e. The van der Waals surface area contributed by atoms with Crippen LogP contribution in [0.2, 0.25) is 0 Å². The Balaban J connectivity index is 1.32. The second kappa shape index (κ2) is 8.53. The van der Waals surface area contributed by atoms with E-state index in [4.69, 9.17) is 14.2 Å². The lowest BCUT2D eigenvalue weighted by atomic mass is 10.1. The molecule has 4 heterocycles. The maximum atomic E-state index is 5.98. The van der Waals surface area contributed by atoms with Crippen molar-refractivity contribution in [3.63, 3.8) is 0 Å². The Morgan fingerprint density at radius 3 is 2.67 bits per heavy atom. The molecule has 0 atom stereocenters. The minimum Gasteiger partial charge on any atom is -0.474 e. The molecular weight excluding hydrogens is 348 g/mol. The van der Waals surface area contributed by atoms with Crippen LogP contribution >= 0.6 is 0 Å². The molecule has 2 fully saturated rings. The topological polar surface area (TPSA) is 97.4 Å². The number of H-pyrrole nitrogens is 1. The molecule has 2 aromatic heterocycles. The van der Waals surface area contributed by atoms with Gasteiger partial charge < -0.3 is 24.4 Å². The zero-order valence-corrected chi connectivity index (χ0v) is 15.6. The number of rotatable bonds is 6. The summed E-state index contributed by atoms with van der Waals surface area (Å²) in [5.74, 6) is 2.38. The van der Waals surface area contributed by atoms with Crippen molar-refractivity contribution in [2.45, 2.75) is 37.9 Å². The van der Waals surface area contributed by atoms with Gasteiger partial charge in [0, 0.05) is 32.0 Å².